The van der Waals surface area contributed by atoms with E-state index in [0.29, 0.717) is 6.07 Å². The number of carbonyl (C=O) groups is 2. The van der Waals surface area contributed by atoms with Gasteiger partial charge in [-0.15, -0.1) is 0 Å². The third-order valence-corrected chi connectivity index (χ3v) is 3.41. The molecule has 0 aliphatic rings. The number of hydrogen-bond donors (Lipinski definition) is 1. The van der Waals surface area contributed by atoms with Gasteiger partial charge in [0.05, 0.1) is 29.0 Å². The standard InChI is InChI=1S/C16H14F5N3O3/c1-3-27-15(26)8-5-4-6-10(16(19,20)21)11(8)22-14(25)9-7-24(2)23-12(9)13(17)18/h4-7,13H,3H2,1-2H3,(H,22,25). The van der Waals surface area contributed by atoms with Crippen molar-refractivity contribution in [3.63, 3.8) is 0 Å². The molecule has 27 heavy (non-hydrogen) atoms. The molecule has 0 unspecified atom stereocenters. The number of carbonyl (C=O) groups excluding carboxylic acids is 2. The molecule has 1 amide bonds. The van der Waals surface area contributed by atoms with Crippen molar-refractivity contribution in [3.8, 4) is 0 Å². The number of nitrogens with one attached hydrogen (secondary N) is 1. The first-order valence-corrected chi connectivity index (χ1v) is 7.56. The van der Waals surface area contributed by atoms with Gasteiger partial charge in [0.25, 0.3) is 12.3 Å². The second-order valence-electron chi connectivity index (χ2n) is 5.30. The number of alkyl halides is 5. The summed E-state index contributed by atoms with van der Waals surface area (Å²) in [4.78, 5) is 24.3. The van der Waals surface area contributed by atoms with Crippen LogP contribution in [0.25, 0.3) is 0 Å². The third-order valence-electron chi connectivity index (χ3n) is 3.41. The summed E-state index contributed by atoms with van der Waals surface area (Å²) in [6.07, 6.45) is -7.09. The molecular weight excluding hydrogens is 377 g/mol. The zero-order valence-electron chi connectivity index (χ0n) is 14.1. The maximum Gasteiger partial charge on any atom is 0.418 e. The smallest absolute Gasteiger partial charge is 0.418 e. The van der Waals surface area contributed by atoms with Crippen LogP contribution in [0.1, 0.15) is 45.3 Å². The van der Waals surface area contributed by atoms with Gasteiger partial charge in [-0.2, -0.15) is 18.3 Å². The molecule has 0 spiro atoms. The summed E-state index contributed by atoms with van der Waals surface area (Å²) < 4.78 is 71.5. The summed E-state index contributed by atoms with van der Waals surface area (Å²) in [5.41, 5.74) is -4.25. The Labute approximate surface area is 149 Å². The largest absolute Gasteiger partial charge is 0.462 e. The van der Waals surface area contributed by atoms with Gasteiger partial charge in [-0.1, -0.05) is 6.07 Å². The second-order valence-corrected chi connectivity index (χ2v) is 5.30. The number of halogens is 5. The third kappa shape index (κ3) is 4.41. The molecular formula is C16H14F5N3O3. The van der Waals surface area contributed by atoms with Crippen LogP contribution in [0, 0.1) is 0 Å². The fourth-order valence-corrected chi connectivity index (χ4v) is 2.32. The highest BCUT2D eigenvalue weighted by atomic mass is 19.4. The predicted octanol–water partition coefficient (Wildman–Crippen LogP) is 3.81. The number of ether oxygens (including phenoxy) is 1. The second kappa shape index (κ2) is 7.72. The van der Waals surface area contributed by atoms with Gasteiger partial charge in [0, 0.05) is 13.2 Å². The van der Waals surface area contributed by atoms with E-state index in [-0.39, 0.29) is 6.61 Å². The molecule has 1 aromatic carbocycles. The molecule has 0 saturated heterocycles. The monoisotopic (exact) mass is 391 g/mol. The Morgan fingerprint density at radius 2 is 1.93 bits per heavy atom. The van der Waals surface area contributed by atoms with Crippen LogP contribution in [0.4, 0.5) is 27.6 Å². The number of hydrogen-bond acceptors (Lipinski definition) is 4. The average Bonchev–Trinajstić information content (AvgIpc) is 2.96. The number of anilines is 1. The van der Waals surface area contributed by atoms with Crippen molar-refractivity contribution in [1.29, 1.82) is 0 Å². The first-order chi connectivity index (χ1) is 12.6. The van der Waals surface area contributed by atoms with Crippen LogP contribution in [0.15, 0.2) is 24.4 Å². The zero-order valence-corrected chi connectivity index (χ0v) is 14.1. The molecule has 11 heteroatoms. The van der Waals surface area contributed by atoms with Crippen LogP contribution in [-0.4, -0.2) is 28.3 Å². The number of amides is 1. The summed E-state index contributed by atoms with van der Waals surface area (Å²) in [7, 11) is 1.27. The normalized spacial score (nSPS) is 11.6. The van der Waals surface area contributed by atoms with Crippen molar-refractivity contribution in [2.24, 2.45) is 7.05 Å². The molecule has 0 bridgehead atoms. The minimum absolute atomic E-state index is 0.111. The Kier molecular flexibility index (Phi) is 5.82. The fraction of sp³-hybridized carbons (Fsp3) is 0.312. The number of nitrogens with zero attached hydrogens (tertiary/aromatic N) is 2. The average molecular weight is 391 g/mol. The lowest BCUT2D eigenvalue weighted by atomic mass is 10.1. The molecule has 2 rings (SSSR count). The molecule has 0 atom stereocenters. The van der Waals surface area contributed by atoms with Gasteiger partial charge in [-0.3, -0.25) is 9.48 Å². The van der Waals surface area contributed by atoms with E-state index in [4.69, 9.17) is 4.74 Å². The lowest BCUT2D eigenvalue weighted by Crippen LogP contribution is -2.21. The number of aromatic nitrogens is 2. The van der Waals surface area contributed by atoms with Crippen molar-refractivity contribution in [2.45, 2.75) is 19.5 Å². The highest BCUT2D eigenvalue weighted by Crippen LogP contribution is 2.37. The van der Waals surface area contributed by atoms with E-state index in [1.54, 1.807) is 0 Å². The molecule has 146 valence electrons. The summed E-state index contributed by atoms with van der Waals surface area (Å²) in [6, 6.07) is 2.65. The summed E-state index contributed by atoms with van der Waals surface area (Å²) >= 11 is 0. The van der Waals surface area contributed by atoms with Crippen molar-refractivity contribution >= 4 is 17.6 Å². The number of benzene rings is 1. The molecule has 0 fully saturated rings. The van der Waals surface area contributed by atoms with E-state index in [0.717, 1.165) is 23.0 Å². The Morgan fingerprint density at radius 3 is 2.48 bits per heavy atom. The number of esters is 1. The van der Waals surface area contributed by atoms with Crippen molar-refractivity contribution in [2.75, 3.05) is 11.9 Å². The molecule has 1 heterocycles. The molecule has 2 aromatic rings. The number of para-hydroxylation sites is 1. The number of rotatable bonds is 5. The summed E-state index contributed by atoms with van der Waals surface area (Å²) in [5, 5.41) is 5.33. The van der Waals surface area contributed by atoms with Crippen LogP contribution >= 0.6 is 0 Å². The van der Waals surface area contributed by atoms with E-state index in [1.807, 2.05) is 5.32 Å². The van der Waals surface area contributed by atoms with Crippen molar-refractivity contribution in [1.82, 2.24) is 9.78 Å². The van der Waals surface area contributed by atoms with Crippen molar-refractivity contribution < 1.29 is 36.3 Å². The van der Waals surface area contributed by atoms with Crippen molar-refractivity contribution in [3.05, 3.63) is 46.8 Å². The van der Waals surface area contributed by atoms with Crippen LogP contribution in [0.3, 0.4) is 0 Å². The van der Waals surface area contributed by atoms with Crippen LogP contribution in [0.5, 0.6) is 0 Å². The molecule has 0 radical (unpaired) electrons. The first kappa shape index (κ1) is 20.3. The van der Waals surface area contributed by atoms with Crippen LogP contribution < -0.4 is 5.32 Å². The van der Waals surface area contributed by atoms with Gasteiger partial charge in [0.2, 0.25) is 0 Å². The zero-order chi connectivity index (χ0) is 20.4. The van der Waals surface area contributed by atoms with Crippen LogP contribution in [-0.2, 0) is 18.0 Å². The summed E-state index contributed by atoms with van der Waals surface area (Å²) in [6.45, 7) is 1.34. The highest BCUT2D eigenvalue weighted by Gasteiger charge is 2.36. The van der Waals surface area contributed by atoms with E-state index < -0.39 is 52.5 Å². The molecule has 6 nitrogen and oxygen atoms in total. The topological polar surface area (TPSA) is 73.2 Å². The van der Waals surface area contributed by atoms with Gasteiger partial charge < -0.3 is 10.1 Å². The minimum atomic E-state index is -4.91. The number of aryl methyl sites for hydroxylation is 1. The van der Waals surface area contributed by atoms with Crippen LogP contribution in [0.2, 0.25) is 0 Å². The Bertz CT molecular complexity index is 861. The Balaban J connectivity index is 2.53. The maximum atomic E-state index is 13.3. The van der Waals surface area contributed by atoms with Gasteiger partial charge in [0.15, 0.2) is 0 Å². The molecule has 0 aliphatic heterocycles. The quantitative estimate of drug-likeness (QED) is 0.622. The van der Waals surface area contributed by atoms with E-state index in [1.165, 1.54) is 14.0 Å². The Hall–Kier alpha value is -2.98. The van der Waals surface area contributed by atoms with E-state index in [9.17, 15) is 31.5 Å². The molecule has 1 aromatic heterocycles. The first-order valence-electron chi connectivity index (χ1n) is 7.56. The lowest BCUT2D eigenvalue weighted by molar-refractivity contribution is -0.136. The SMILES string of the molecule is CCOC(=O)c1cccc(C(F)(F)F)c1NC(=O)c1cn(C)nc1C(F)F. The van der Waals surface area contributed by atoms with Gasteiger partial charge in [-0.25, -0.2) is 13.6 Å². The highest BCUT2D eigenvalue weighted by molar-refractivity contribution is 6.09. The molecule has 0 saturated carbocycles. The molecule has 1 N–H and O–H groups in total. The van der Waals surface area contributed by atoms with E-state index in [2.05, 4.69) is 5.10 Å². The predicted molar refractivity (Wildman–Crippen MR) is 83.5 cm³/mol. The van der Waals surface area contributed by atoms with Gasteiger partial charge in [0.1, 0.15) is 5.69 Å². The van der Waals surface area contributed by atoms with E-state index >= 15 is 0 Å². The van der Waals surface area contributed by atoms with Gasteiger partial charge >= 0.3 is 12.1 Å². The minimum Gasteiger partial charge on any atom is -0.462 e. The Morgan fingerprint density at radius 1 is 1.26 bits per heavy atom. The summed E-state index contributed by atoms with van der Waals surface area (Å²) in [5.74, 6) is -2.36. The lowest BCUT2D eigenvalue weighted by Gasteiger charge is -2.17. The molecule has 0 aliphatic carbocycles. The van der Waals surface area contributed by atoms with Gasteiger partial charge in [-0.05, 0) is 19.1 Å². The maximum absolute atomic E-state index is 13.3. The fourth-order valence-electron chi connectivity index (χ4n) is 2.32.